The first-order chi connectivity index (χ1) is 8.28. The zero-order valence-electron chi connectivity index (χ0n) is 10.2. The summed E-state index contributed by atoms with van der Waals surface area (Å²) in [7, 11) is 0. The van der Waals surface area contributed by atoms with Crippen molar-refractivity contribution < 1.29 is 4.42 Å². The molecule has 0 aliphatic carbocycles. The van der Waals surface area contributed by atoms with Gasteiger partial charge in [0.05, 0.1) is 6.26 Å². The molecule has 90 valence electrons. The Morgan fingerprint density at radius 1 is 1.12 bits per heavy atom. The number of furan rings is 1. The summed E-state index contributed by atoms with van der Waals surface area (Å²) < 4.78 is 5.37. The molecule has 17 heavy (non-hydrogen) atoms. The lowest BCUT2D eigenvalue weighted by atomic mass is 9.95. The molecule has 0 radical (unpaired) electrons. The van der Waals surface area contributed by atoms with Gasteiger partial charge in [0.2, 0.25) is 0 Å². The van der Waals surface area contributed by atoms with Gasteiger partial charge in [0.25, 0.3) is 0 Å². The van der Waals surface area contributed by atoms with E-state index in [-0.39, 0.29) is 0 Å². The van der Waals surface area contributed by atoms with Gasteiger partial charge in [-0.3, -0.25) is 0 Å². The second kappa shape index (κ2) is 5.69. The molecule has 2 nitrogen and oxygen atoms in total. The Balaban J connectivity index is 1.97. The van der Waals surface area contributed by atoms with Crippen molar-refractivity contribution in [1.82, 2.24) is 0 Å². The molecular weight excluding hydrogens is 210 g/mol. The van der Waals surface area contributed by atoms with Crippen LogP contribution in [0.4, 0.5) is 0 Å². The van der Waals surface area contributed by atoms with Gasteiger partial charge in [0.1, 0.15) is 5.76 Å². The van der Waals surface area contributed by atoms with E-state index in [1.165, 1.54) is 11.1 Å². The summed E-state index contributed by atoms with van der Waals surface area (Å²) in [5.74, 6) is 1.47. The topological polar surface area (TPSA) is 39.2 Å². The van der Waals surface area contributed by atoms with Crippen LogP contribution in [0, 0.1) is 12.8 Å². The largest absolute Gasteiger partial charge is 0.469 e. The van der Waals surface area contributed by atoms with E-state index >= 15 is 0 Å². The highest BCUT2D eigenvalue weighted by atomic mass is 16.3. The average Bonchev–Trinajstić information content (AvgIpc) is 2.84. The third-order valence-corrected chi connectivity index (χ3v) is 3.05. The van der Waals surface area contributed by atoms with Gasteiger partial charge in [0, 0.05) is 6.42 Å². The van der Waals surface area contributed by atoms with Crippen LogP contribution in [0.5, 0.6) is 0 Å². The summed E-state index contributed by atoms with van der Waals surface area (Å²) in [5.41, 5.74) is 8.47. The standard InChI is InChI=1S/C15H19NO/c1-12-4-6-13(7-5-12)9-14(11-16)10-15-3-2-8-17-15/h2-8,14H,9-11,16H2,1H3. The Bertz CT molecular complexity index is 430. The maximum absolute atomic E-state index is 5.83. The normalized spacial score (nSPS) is 12.6. The minimum Gasteiger partial charge on any atom is -0.469 e. The summed E-state index contributed by atoms with van der Waals surface area (Å²) in [6.45, 7) is 2.79. The monoisotopic (exact) mass is 229 g/mol. The predicted octanol–water partition coefficient (Wildman–Crippen LogP) is 2.95. The molecule has 2 N–H and O–H groups in total. The highest BCUT2D eigenvalue weighted by molar-refractivity contribution is 5.22. The fraction of sp³-hybridized carbons (Fsp3) is 0.333. The molecule has 0 spiro atoms. The molecule has 2 heteroatoms. The predicted molar refractivity (Wildman–Crippen MR) is 69.8 cm³/mol. The van der Waals surface area contributed by atoms with Crippen molar-refractivity contribution in [1.29, 1.82) is 0 Å². The minimum atomic E-state index is 0.448. The SMILES string of the molecule is Cc1ccc(CC(CN)Cc2ccco2)cc1. The highest BCUT2D eigenvalue weighted by Gasteiger charge is 2.10. The molecular formula is C15H19NO. The maximum Gasteiger partial charge on any atom is 0.104 e. The van der Waals surface area contributed by atoms with Gasteiger partial charge in [-0.25, -0.2) is 0 Å². The van der Waals surface area contributed by atoms with Gasteiger partial charge in [-0.2, -0.15) is 0 Å². The van der Waals surface area contributed by atoms with E-state index in [0.29, 0.717) is 12.5 Å². The molecule has 1 aromatic heterocycles. The molecule has 0 aliphatic rings. The van der Waals surface area contributed by atoms with Crippen LogP contribution in [0.1, 0.15) is 16.9 Å². The average molecular weight is 229 g/mol. The minimum absolute atomic E-state index is 0.448. The van der Waals surface area contributed by atoms with Crippen LogP contribution in [-0.2, 0) is 12.8 Å². The summed E-state index contributed by atoms with van der Waals surface area (Å²) in [5, 5.41) is 0. The van der Waals surface area contributed by atoms with Gasteiger partial charge in [-0.05, 0) is 43.5 Å². The van der Waals surface area contributed by atoms with Crippen LogP contribution in [0.15, 0.2) is 47.1 Å². The van der Waals surface area contributed by atoms with Gasteiger partial charge < -0.3 is 10.2 Å². The molecule has 2 rings (SSSR count). The van der Waals surface area contributed by atoms with Crippen molar-refractivity contribution in [2.45, 2.75) is 19.8 Å². The van der Waals surface area contributed by atoms with E-state index in [1.54, 1.807) is 6.26 Å². The molecule has 2 aromatic rings. The molecule has 0 fully saturated rings. The van der Waals surface area contributed by atoms with Crippen molar-refractivity contribution in [3.63, 3.8) is 0 Å². The Morgan fingerprint density at radius 3 is 2.47 bits per heavy atom. The van der Waals surface area contributed by atoms with Crippen molar-refractivity contribution in [3.8, 4) is 0 Å². The lowest BCUT2D eigenvalue weighted by Crippen LogP contribution is -2.19. The lowest BCUT2D eigenvalue weighted by molar-refractivity contribution is 0.441. The van der Waals surface area contributed by atoms with E-state index in [2.05, 4.69) is 31.2 Å². The van der Waals surface area contributed by atoms with Crippen LogP contribution >= 0.6 is 0 Å². The first-order valence-electron chi connectivity index (χ1n) is 6.06. The van der Waals surface area contributed by atoms with E-state index in [1.807, 2.05) is 12.1 Å². The van der Waals surface area contributed by atoms with Crippen molar-refractivity contribution in [3.05, 3.63) is 59.5 Å². The number of aryl methyl sites for hydroxylation is 1. The van der Waals surface area contributed by atoms with Gasteiger partial charge in [-0.1, -0.05) is 29.8 Å². The number of hydrogen-bond donors (Lipinski definition) is 1. The van der Waals surface area contributed by atoms with Crippen LogP contribution in [0.2, 0.25) is 0 Å². The maximum atomic E-state index is 5.83. The molecule has 0 amide bonds. The van der Waals surface area contributed by atoms with Gasteiger partial charge in [0.15, 0.2) is 0 Å². The molecule has 0 aliphatic heterocycles. The Kier molecular flexibility index (Phi) is 3.99. The molecule has 0 bridgehead atoms. The van der Waals surface area contributed by atoms with E-state index in [0.717, 1.165) is 18.6 Å². The third kappa shape index (κ3) is 3.46. The lowest BCUT2D eigenvalue weighted by Gasteiger charge is -2.13. The van der Waals surface area contributed by atoms with Crippen LogP contribution < -0.4 is 5.73 Å². The van der Waals surface area contributed by atoms with E-state index in [9.17, 15) is 0 Å². The summed E-state index contributed by atoms with van der Waals surface area (Å²) in [6.07, 6.45) is 3.64. The number of hydrogen-bond acceptors (Lipinski definition) is 2. The number of rotatable bonds is 5. The summed E-state index contributed by atoms with van der Waals surface area (Å²) >= 11 is 0. The number of nitrogens with two attached hydrogens (primary N) is 1. The molecule has 1 atom stereocenters. The molecule has 1 aromatic carbocycles. The van der Waals surface area contributed by atoms with Crippen molar-refractivity contribution in [2.75, 3.05) is 6.54 Å². The second-order valence-electron chi connectivity index (χ2n) is 4.57. The molecule has 1 unspecified atom stereocenters. The van der Waals surface area contributed by atoms with Crippen molar-refractivity contribution in [2.24, 2.45) is 11.7 Å². The summed E-state index contributed by atoms with van der Waals surface area (Å²) in [4.78, 5) is 0. The Labute approximate surface area is 102 Å². The fourth-order valence-electron chi connectivity index (χ4n) is 2.01. The third-order valence-electron chi connectivity index (χ3n) is 3.05. The van der Waals surface area contributed by atoms with Crippen LogP contribution in [0.25, 0.3) is 0 Å². The zero-order chi connectivity index (χ0) is 12.1. The second-order valence-corrected chi connectivity index (χ2v) is 4.57. The fourth-order valence-corrected chi connectivity index (χ4v) is 2.01. The quantitative estimate of drug-likeness (QED) is 0.856. The Hall–Kier alpha value is -1.54. The van der Waals surface area contributed by atoms with E-state index in [4.69, 9.17) is 10.2 Å². The molecule has 0 saturated heterocycles. The smallest absolute Gasteiger partial charge is 0.104 e. The molecule has 1 heterocycles. The van der Waals surface area contributed by atoms with Gasteiger partial charge in [-0.15, -0.1) is 0 Å². The zero-order valence-corrected chi connectivity index (χ0v) is 10.2. The van der Waals surface area contributed by atoms with Crippen molar-refractivity contribution >= 4 is 0 Å². The van der Waals surface area contributed by atoms with Crippen LogP contribution in [0.3, 0.4) is 0 Å². The molecule has 0 saturated carbocycles. The van der Waals surface area contributed by atoms with Crippen LogP contribution in [-0.4, -0.2) is 6.54 Å². The first kappa shape index (κ1) is 11.9. The van der Waals surface area contributed by atoms with E-state index < -0.39 is 0 Å². The number of benzene rings is 1. The van der Waals surface area contributed by atoms with Gasteiger partial charge >= 0.3 is 0 Å². The highest BCUT2D eigenvalue weighted by Crippen LogP contribution is 2.15. The Morgan fingerprint density at radius 2 is 1.88 bits per heavy atom. The first-order valence-corrected chi connectivity index (χ1v) is 6.06. The summed E-state index contributed by atoms with van der Waals surface area (Å²) in [6, 6.07) is 12.6.